The fourth-order valence-electron chi connectivity index (χ4n) is 3.85. The summed E-state index contributed by atoms with van der Waals surface area (Å²) in [5.41, 5.74) is 7.80. The van der Waals surface area contributed by atoms with E-state index >= 15 is 0 Å². The van der Waals surface area contributed by atoms with Gasteiger partial charge < -0.3 is 14.2 Å². The number of hydrogen-bond donors (Lipinski definition) is 0. The van der Waals surface area contributed by atoms with Gasteiger partial charge in [-0.05, 0) is 53.3 Å². The van der Waals surface area contributed by atoms with Crippen molar-refractivity contribution in [2.45, 2.75) is 19.4 Å². The molecule has 0 saturated carbocycles. The molecule has 1 heterocycles. The van der Waals surface area contributed by atoms with Crippen LogP contribution in [0.25, 0.3) is 22.3 Å². The average Bonchev–Trinajstić information content (AvgIpc) is 3.45. The van der Waals surface area contributed by atoms with E-state index in [1.165, 1.54) is 27.8 Å². The van der Waals surface area contributed by atoms with Crippen molar-refractivity contribution in [2.24, 2.45) is 0 Å². The van der Waals surface area contributed by atoms with E-state index in [4.69, 9.17) is 14.2 Å². The van der Waals surface area contributed by atoms with Crippen LogP contribution in [-0.4, -0.2) is 25.9 Å². The minimum absolute atomic E-state index is 0.246. The predicted octanol–water partition coefficient (Wildman–Crippen LogP) is 5.10. The van der Waals surface area contributed by atoms with Gasteiger partial charge in [0.2, 0.25) is 0 Å². The molecule has 1 fully saturated rings. The molecule has 1 aliphatic heterocycles. The molecule has 136 valence electrons. The Balaban J connectivity index is 1.54. The smallest absolute Gasteiger partial charge is 0.130 e. The van der Waals surface area contributed by atoms with Crippen LogP contribution in [-0.2, 0) is 11.2 Å². The van der Waals surface area contributed by atoms with Gasteiger partial charge in [-0.3, -0.25) is 0 Å². The van der Waals surface area contributed by atoms with Crippen molar-refractivity contribution in [1.29, 1.82) is 0 Å². The minimum Gasteiger partial charge on any atom is -0.493 e. The maximum atomic E-state index is 5.98. The molecule has 3 heteroatoms. The van der Waals surface area contributed by atoms with Gasteiger partial charge in [-0.2, -0.15) is 0 Å². The van der Waals surface area contributed by atoms with Crippen LogP contribution >= 0.6 is 0 Å². The first-order valence-electron chi connectivity index (χ1n) is 9.55. The molecule has 2 aliphatic rings. The van der Waals surface area contributed by atoms with Gasteiger partial charge in [0, 0.05) is 11.6 Å². The summed E-state index contributed by atoms with van der Waals surface area (Å²) in [6, 6.07) is 21.4. The molecular weight excluding hydrogens is 336 g/mol. The summed E-state index contributed by atoms with van der Waals surface area (Å²) < 4.78 is 17.1. The molecule has 5 rings (SSSR count). The molecule has 1 aliphatic carbocycles. The van der Waals surface area contributed by atoms with E-state index in [0.717, 1.165) is 30.1 Å². The fourth-order valence-corrected chi connectivity index (χ4v) is 3.85. The third-order valence-electron chi connectivity index (χ3n) is 5.23. The Morgan fingerprint density at radius 2 is 1.67 bits per heavy atom. The number of benzene rings is 3. The summed E-state index contributed by atoms with van der Waals surface area (Å²) in [6.07, 6.45) is 1.21. The number of ether oxygens (including phenoxy) is 3. The Kier molecular flexibility index (Phi) is 4.10. The molecule has 3 aromatic carbocycles. The number of epoxide rings is 1. The third-order valence-corrected chi connectivity index (χ3v) is 5.23. The van der Waals surface area contributed by atoms with E-state index in [1.807, 2.05) is 19.1 Å². The van der Waals surface area contributed by atoms with Gasteiger partial charge >= 0.3 is 0 Å². The molecule has 0 radical (unpaired) electrons. The van der Waals surface area contributed by atoms with Crippen LogP contribution in [0, 0.1) is 0 Å². The molecular formula is C24H22O3. The minimum atomic E-state index is 0.246. The van der Waals surface area contributed by atoms with Gasteiger partial charge in [0.05, 0.1) is 13.2 Å². The van der Waals surface area contributed by atoms with Gasteiger partial charge in [-0.1, -0.05) is 42.5 Å². The maximum Gasteiger partial charge on any atom is 0.130 e. The highest BCUT2D eigenvalue weighted by Gasteiger charge is 2.24. The van der Waals surface area contributed by atoms with Crippen LogP contribution in [0.2, 0.25) is 0 Å². The molecule has 1 atom stereocenters. The molecule has 0 aromatic heterocycles. The molecule has 0 bridgehead atoms. The molecule has 1 saturated heterocycles. The second-order valence-electron chi connectivity index (χ2n) is 7.02. The van der Waals surface area contributed by atoms with Gasteiger partial charge in [-0.15, -0.1) is 0 Å². The molecule has 3 nitrogen and oxygen atoms in total. The fraction of sp³-hybridized carbons (Fsp3) is 0.250. The van der Waals surface area contributed by atoms with E-state index < -0.39 is 0 Å². The van der Waals surface area contributed by atoms with E-state index in [-0.39, 0.29) is 6.10 Å². The highest BCUT2D eigenvalue weighted by atomic mass is 16.6. The zero-order valence-corrected chi connectivity index (χ0v) is 15.4. The van der Waals surface area contributed by atoms with Crippen molar-refractivity contribution in [2.75, 3.05) is 19.8 Å². The van der Waals surface area contributed by atoms with Gasteiger partial charge in [0.1, 0.15) is 24.2 Å². The van der Waals surface area contributed by atoms with Crippen LogP contribution in [0.4, 0.5) is 0 Å². The molecule has 0 amide bonds. The van der Waals surface area contributed by atoms with Crippen molar-refractivity contribution in [3.63, 3.8) is 0 Å². The highest BCUT2D eigenvalue weighted by molar-refractivity contribution is 5.86. The van der Waals surface area contributed by atoms with Gasteiger partial charge in [0.15, 0.2) is 0 Å². The summed E-state index contributed by atoms with van der Waals surface area (Å²) in [5.74, 6) is 1.70. The van der Waals surface area contributed by atoms with Crippen molar-refractivity contribution in [1.82, 2.24) is 0 Å². The molecule has 0 spiro atoms. The quantitative estimate of drug-likeness (QED) is 0.449. The number of rotatable bonds is 6. The topological polar surface area (TPSA) is 31.0 Å². The lowest BCUT2D eigenvalue weighted by atomic mass is 9.95. The first kappa shape index (κ1) is 16.4. The summed E-state index contributed by atoms with van der Waals surface area (Å²) in [5, 5.41) is 0. The lowest BCUT2D eigenvalue weighted by molar-refractivity contribution is 0.261. The van der Waals surface area contributed by atoms with Crippen molar-refractivity contribution < 1.29 is 14.2 Å². The molecule has 0 N–H and O–H groups in total. The van der Waals surface area contributed by atoms with Crippen molar-refractivity contribution >= 4 is 0 Å². The van der Waals surface area contributed by atoms with E-state index in [9.17, 15) is 0 Å². The highest BCUT2D eigenvalue weighted by Crippen LogP contribution is 2.44. The summed E-state index contributed by atoms with van der Waals surface area (Å²) >= 11 is 0. The van der Waals surface area contributed by atoms with Crippen LogP contribution in [0.1, 0.15) is 18.1 Å². The SMILES string of the molecule is CCOc1cc(OCC2CO2)ccc1-c1cccc2c1Cc1ccccc1-2. The maximum absolute atomic E-state index is 5.98. The van der Waals surface area contributed by atoms with Crippen LogP contribution in [0.5, 0.6) is 11.5 Å². The van der Waals surface area contributed by atoms with Gasteiger partial charge in [0.25, 0.3) is 0 Å². The Morgan fingerprint density at radius 1 is 0.889 bits per heavy atom. The lowest BCUT2D eigenvalue weighted by Crippen LogP contribution is -2.04. The standard InChI is InChI=1S/C24H22O3/c1-2-25-24-13-17(26-14-18-15-27-18)10-11-22(24)21-9-5-8-20-19-7-4-3-6-16(19)12-23(20)21/h3-11,13,18H,2,12,14-15H2,1H3. The number of fused-ring (bicyclic) bond motifs is 3. The second kappa shape index (κ2) is 6.75. The first-order chi connectivity index (χ1) is 13.3. The summed E-state index contributed by atoms with van der Waals surface area (Å²) in [4.78, 5) is 0. The van der Waals surface area contributed by atoms with E-state index in [2.05, 4.69) is 48.5 Å². The normalized spacial score (nSPS) is 16.6. The monoisotopic (exact) mass is 358 g/mol. The molecule has 27 heavy (non-hydrogen) atoms. The predicted molar refractivity (Wildman–Crippen MR) is 107 cm³/mol. The third kappa shape index (κ3) is 3.08. The Labute approximate surface area is 159 Å². The van der Waals surface area contributed by atoms with E-state index in [1.54, 1.807) is 0 Å². The summed E-state index contributed by atoms with van der Waals surface area (Å²) in [6.45, 7) is 4.03. The van der Waals surface area contributed by atoms with E-state index in [0.29, 0.717) is 13.2 Å². The zero-order chi connectivity index (χ0) is 18.2. The molecule has 1 unspecified atom stereocenters. The second-order valence-corrected chi connectivity index (χ2v) is 7.02. The van der Waals surface area contributed by atoms with Crippen molar-refractivity contribution in [3.8, 4) is 33.8 Å². The Morgan fingerprint density at radius 3 is 2.48 bits per heavy atom. The van der Waals surface area contributed by atoms with Crippen molar-refractivity contribution in [3.05, 3.63) is 71.8 Å². The zero-order valence-electron chi connectivity index (χ0n) is 15.4. The average molecular weight is 358 g/mol. The first-order valence-corrected chi connectivity index (χ1v) is 9.55. The lowest BCUT2D eigenvalue weighted by Gasteiger charge is -2.15. The Hall–Kier alpha value is -2.78. The van der Waals surface area contributed by atoms with Crippen LogP contribution in [0.3, 0.4) is 0 Å². The Bertz CT molecular complexity index is 989. The summed E-state index contributed by atoms with van der Waals surface area (Å²) in [7, 11) is 0. The van der Waals surface area contributed by atoms with Crippen LogP contribution < -0.4 is 9.47 Å². The number of hydrogen-bond acceptors (Lipinski definition) is 3. The van der Waals surface area contributed by atoms with Crippen LogP contribution in [0.15, 0.2) is 60.7 Å². The molecule has 3 aromatic rings. The largest absolute Gasteiger partial charge is 0.493 e. The van der Waals surface area contributed by atoms with Gasteiger partial charge in [-0.25, -0.2) is 0 Å².